The van der Waals surface area contributed by atoms with Crippen LogP contribution in [0.5, 0.6) is 0 Å². The molecule has 3 heteroatoms. The van der Waals surface area contributed by atoms with Gasteiger partial charge in [0, 0.05) is 12.4 Å². The Labute approximate surface area is 79.8 Å². The molecule has 0 radical (unpaired) electrons. The number of alkyl halides is 1. The Hall–Kier alpha value is -0.343. The summed E-state index contributed by atoms with van der Waals surface area (Å²) in [5.41, 5.74) is 1.20. The summed E-state index contributed by atoms with van der Waals surface area (Å²) in [6.07, 6.45) is 3.59. The minimum atomic E-state index is -1.26. The second kappa shape index (κ2) is 3.58. The average molecular weight is 200 g/mol. The zero-order valence-electron chi connectivity index (χ0n) is 7.71. The molecule has 0 aromatic carbocycles. The molecule has 0 saturated heterocycles. The van der Waals surface area contributed by atoms with E-state index >= 15 is 0 Å². The molecule has 1 aromatic heterocycles. The topological polar surface area (TPSA) is 12.9 Å². The summed E-state index contributed by atoms with van der Waals surface area (Å²) in [4.78, 5) is 3.97. The number of halogens is 1. The predicted molar refractivity (Wildman–Crippen MR) is 56.2 cm³/mol. The fourth-order valence-corrected chi connectivity index (χ4v) is 2.37. The second-order valence-corrected chi connectivity index (χ2v) is 10.1. The van der Waals surface area contributed by atoms with E-state index in [2.05, 4.69) is 24.6 Å². The van der Waals surface area contributed by atoms with E-state index in [1.54, 1.807) is 12.4 Å². The van der Waals surface area contributed by atoms with Crippen molar-refractivity contribution in [2.24, 2.45) is 0 Å². The molecule has 1 atom stereocenters. The third-order valence-corrected chi connectivity index (χ3v) is 5.83. The summed E-state index contributed by atoms with van der Waals surface area (Å²) >= 11 is 6.32. The highest BCUT2D eigenvalue weighted by Crippen LogP contribution is 2.29. The Kier molecular flexibility index (Phi) is 2.91. The van der Waals surface area contributed by atoms with E-state index in [1.165, 1.54) is 5.56 Å². The summed E-state index contributed by atoms with van der Waals surface area (Å²) in [5, 5.41) is 0.195. The van der Waals surface area contributed by atoms with Crippen LogP contribution >= 0.6 is 11.6 Å². The van der Waals surface area contributed by atoms with Gasteiger partial charge in [-0.2, -0.15) is 0 Å². The number of rotatable bonds is 2. The van der Waals surface area contributed by atoms with Gasteiger partial charge in [0.25, 0.3) is 0 Å². The molecule has 0 N–H and O–H groups in total. The molecule has 0 fully saturated rings. The summed E-state index contributed by atoms with van der Waals surface area (Å²) in [6.45, 7) is 6.81. The Morgan fingerprint density at radius 1 is 1.25 bits per heavy atom. The first kappa shape index (κ1) is 9.74. The average Bonchev–Trinajstić information content (AvgIpc) is 2.03. The molecule has 0 bridgehead atoms. The molecule has 0 aliphatic heterocycles. The molecule has 66 valence electrons. The van der Waals surface area contributed by atoms with Gasteiger partial charge in [0.05, 0.1) is 13.1 Å². The lowest BCUT2D eigenvalue weighted by Gasteiger charge is -2.22. The molecule has 0 aliphatic rings. The highest BCUT2D eigenvalue weighted by Gasteiger charge is 2.25. The van der Waals surface area contributed by atoms with Crippen molar-refractivity contribution in [3.63, 3.8) is 0 Å². The van der Waals surface area contributed by atoms with Crippen molar-refractivity contribution in [3.8, 4) is 0 Å². The minimum Gasteiger partial charge on any atom is -0.265 e. The van der Waals surface area contributed by atoms with Crippen molar-refractivity contribution >= 4 is 19.7 Å². The smallest absolute Gasteiger partial charge is 0.0704 e. The van der Waals surface area contributed by atoms with Crippen LogP contribution < -0.4 is 0 Å². The zero-order chi connectivity index (χ0) is 9.19. The minimum absolute atomic E-state index is 0.195. The molecular formula is C9H14ClNSi. The van der Waals surface area contributed by atoms with Crippen molar-refractivity contribution in [3.05, 3.63) is 30.1 Å². The van der Waals surface area contributed by atoms with Crippen LogP contribution in [0.3, 0.4) is 0 Å². The van der Waals surface area contributed by atoms with Crippen molar-refractivity contribution < 1.29 is 0 Å². The van der Waals surface area contributed by atoms with Gasteiger partial charge in [0.1, 0.15) is 0 Å². The van der Waals surface area contributed by atoms with Gasteiger partial charge in [0.2, 0.25) is 0 Å². The Bertz CT molecular complexity index is 242. The first-order valence-corrected chi connectivity index (χ1v) is 8.07. The van der Waals surface area contributed by atoms with Crippen molar-refractivity contribution in [1.82, 2.24) is 4.98 Å². The molecule has 0 spiro atoms. The van der Waals surface area contributed by atoms with Crippen LogP contribution in [0.2, 0.25) is 19.6 Å². The maximum absolute atomic E-state index is 6.32. The summed E-state index contributed by atoms with van der Waals surface area (Å²) in [7, 11) is -1.26. The molecular weight excluding hydrogens is 186 g/mol. The quantitative estimate of drug-likeness (QED) is 0.527. The van der Waals surface area contributed by atoms with Crippen molar-refractivity contribution in [2.75, 3.05) is 0 Å². The fourth-order valence-electron chi connectivity index (χ4n) is 1.03. The molecule has 0 saturated carbocycles. The summed E-state index contributed by atoms with van der Waals surface area (Å²) in [6, 6.07) is 3.99. The lowest BCUT2D eigenvalue weighted by atomic mass is 10.3. The number of hydrogen-bond donors (Lipinski definition) is 0. The van der Waals surface area contributed by atoms with Gasteiger partial charge in [-0.15, -0.1) is 11.6 Å². The normalized spacial score (nSPS) is 14.3. The van der Waals surface area contributed by atoms with Gasteiger partial charge in [-0.3, -0.25) is 4.98 Å². The van der Waals surface area contributed by atoms with Crippen LogP contribution in [0.4, 0.5) is 0 Å². The van der Waals surface area contributed by atoms with Crippen LogP contribution in [0.1, 0.15) is 10.6 Å². The Balaban J connectivity index is 2.86. The van der Waals surface area contributed by atoms with Gasteiger partial charge in [-0.25, -0.2) is 0 Å². The summed E-state index contributed by atoms with van der Waals surface area (Å²) in [5.74, 6) is 0. The first-order chi connectivity index (χ1) is 5.52. The van der Waals surface area contributed by atoms with E-state index < -0.39 is 8.07 Å². The molecule has 0 aliphatic carbocycles. The number of aromatic nitrogens is 1. The van der Waals surface area contributed by atoms with Gasteiger partial charge < -0.3 is 0 Å². The van der Waals surface area contributed by atoms with E-state index in [4.69, 9.17) is 11.6 Å². The summed E-state index contributed by atoms with van der Waals surface area (Å²) < 4.78 is 0. The molecule has 12 heavy (non-hydrogen) atoms. The molecule has 1 rings (SSSR count). The van der Waals surface area contributed by atoms with E-state index in [1.807, 2.05) is 12.1 Å². The monoisotopic (exact) mass is 199 g/mol. The lowest BCUT2D eigenvalue weighted by molar-refractivity contribution is 1.20. The third kappa shape index (κ3) is 2.32. The second-order valence-electron chi connectivity index (χ2n) is 4.01. The number of nitrogens with zero attached hydrogens (tertiary/aromatic N) is 1. The van der Waals surface area contributed by atoms with Gasteiger partial charge in [-0.05, 0) is 17.7 Å². The van der Waals surface area contributed by atoms with Crippen molar-refractivity contribution in [1.29, 1.82) is 0 Å². The lowest BCUT2D eigenvalue weighted by Crippen LogP contribution is -2.27. The van der Waals surface area contributed by atoms with Gasteiger partial charge in [-0.1, -0.05) is 19.6 Å². The highest BCUT2D eigenvalue weighted by atomic mass is 35.5. The number of pyridine rings is 1. The molecule has 1 nitrogen and oxygen atoms in total. The maximum Gasteiger partial charge on any atom is 0.0704 e. The molecule has 1 aromatic rings. The fraction of sp³-hybridized carbons (Fsp3) is 0.444. The molecule has 0 amide bonds. The Morgan fingerprint density at radius 3 is 2.17 bits per heavy atom. The van der Waals surface area contributed by atoms with E-state index in [9.17, 15) is 0 Å². The molecule has 1 heterocycles. The van der Waals surface area contributed by atoms with Gasteiger partial charge in [0.15, 0.2) is 0 Å². The van der Waals surface area contributed by atoms with Gasteiger partial charge >= 0.3 is 0 Å². The predicted octanol–water partition coefficient (Wildman–Crippen LogP) is 3.24. The molecule has 1 unspecified atom stereocenters. The van der Waals surface area contributed by atoms with Crippen LogP contribution in [0.15, 0.2) is 24.5 Å². The standard InChI is InChI=1S/C9H14ClNSi/c1-12(2,3)9(10)8-4-6-11-7-5-8/h4-7,9H,1-3H3. The first-order valence-electron chi connectivity index (χ1n) is 4.06. The van der Waals surface area contributed by atoms with E-state index in [0.717, 1.165) is 0 Å². The SMILES string of the molecule is C[Si](C)(C)C(Cl)c1ccncc1. The largest absolute Gasteiger partial charge is 0.265 e. The highest BCUT2D eigenvalue weighted by molar-refractivity contribution is 6.83. The van der Waals surface area contributed by atoms with Crippen LogP contribution in [0, 0.1) is 0 Å². The van der Waals surface area contributed by atoms with Crippen LogP contribution in [-0.2, 0) is 0 Å². The number of hydrogen-bond acceptors (Lipinski definition) is 1. The van der Waals surface area contributed by atoms with Crippen LogP contribution in [0.25, 0.3) is 0 Å². The zero-order valence-corrected chi connectivity index (χ0v) is 9.47. The van der Waals surface area contributed by atoms with E-state index in [-0.39, 0.29) is 5.00 Å². The third-order valence-electron chi connectivity index (χ3n) is 1.76. The van der Waals surface area contributed by atoms with Crippen LogP contribution in [-0.4, -0.2) is 13.1 Å². The van der Waals surface area contributed by atoms with E-state index in [0.29, 0.717) is 0 Å². The van der Waals surface area contributed by atoms with Crippen molar-refractivity contribution in [2.45, 2.75) is 24.6 Å². The maximum atomic E-state index is 6.32. The Morgan fingerprint density at radius 2 is 1.75 bits per heavy atom.